The van der Waals surface area contributed by atoms with E-state index in [0.29, 0.717) is 40.3 Å². The van der Waals surface area contributed by atoms with Crippen LogP contribution in [0.3, 0.4) is 0 Å². The molecule has 8 rings (SSSR count). The SMILES string of the molecule is C[C@@H]1[C@@H]([Si](C)(C)O)[C@H](CC(=O)N2Cc3ccccc3C[C@H]2CO)O[C@@]12C(=O)N(Cc1ccc(-n3ncc4ccccc4c3=O)cc1)c1ccc(Cl)cc12. The van der Waals surface area contributed by atoms with Gasteiger partial charge in [0, 0.05) is 34.0 Å². The van der Waals surface area contributed by atoms with Gasteiger partial charge in [-0.25, -0.2) is 0 Å². The Hall–Kier alpha value is -4.65. The van der Waals surface area contributed by atoms with Crippen LogP contribution in [-0.4, -0.2) is 63.5 Å². The van der Waals surface area contributed by atoms with Gasteiger partial charge in [0.05, 0.1) is 54.7 Å². The summed E-state index contributed by atoms with van der Waals surface area (Å²) in [6.45, 7) is 6.00. The fraction of sp³-hybridized carbons (Fsp3) is 0.317. The number of carbonyl (C=O) groups is 2. The Morgan fingerprint density at radius 1 is 1.00 bits per heavy atom. The van der Waals surface area contributed by atoms with Crippen molar-refractivity contribution in [3.05, 3.63) is 135 Å². The second kappa shape index (κ2) is 13.3. The number of aromatic nitrogens is 2. The number of aliphatic hydroxyl groups excluding tert-OH is 1. The number of hydrogen-bond acceptors (Lipinski definition) is 7. The highest BCUT2D eigenvalue weighted by Crippen LogP contribution is 2.60. The summed E-state index contributed by atoms with van der Waals surface area (Å²) in [5.41, 5.74) is 2.68. The van der Waals surface area contributed by atoms with Crippen molar-refractivity contribution in [3.8, 4) is 5.69 Å². The van der Waals surface area contributed by atoms with Gasteiger partial charge in [-0.05, 0) is 72.6 Å². The maximum atomic E-state index is 14.9. The van der Waals surface area contributed by atoms with Crippen LogP contribution in [0.25, 0.3) is 16.5 Å². The molecule has 0 saturated carbocycles. The van der Waals surface area contributed by atoms with E-state index >= 15 is 0 Å². The van der Waals surface area contributed by atoms with Crippen LogP contribution in [-0.2, 0) is 39.4 Å². The minimum absolute atomic E-state index is 0.0424. The van der Waals surface area contributed by atoms with E-state index in [1.165, 1.54) is 4.68 Å². The largest absolute Gasteiger partial charge is 0.432 e. The Kier molecular flexibility index (Phi) is 8.90. The maximum Gasteiger partial charge on any atom is 0.279 e. The average molecular weight is 749 g/mol. The van der Waals surface area contributed by atoms with Crippen molar-refractivity contribution in [2.45, 2.75) is 69.2 Å². The van der Waals surface area contributed by atoms with E-state index < -0.39 is 31.5 Å². The monoisotopic (exact) mass is 748 g/mol. The summed E-state index contributed by atoms with van der Waals surface area (Å²) in [5.74, 6) is -0.951. The highest BCUT2D eigenvalue weighted by Gasteiger charge is 2.66. The number of halogens is 1. The predicted molar refractivity (Wildman–Crippen MR) is 205 cm³/mol. The van der Waals surface area contributed by atoms with Gasteiger partial charge < -0.3 is 24.4 Å². The van der Waals surface area contributed by atoms with Crippen molar-refractivity contribution >= 4 is 48.2 Å². The molecule has 1 spiro atoms. The fourth-order valence-electron chi connectivity index (χ4n) is 8.94. The second-order valence-corrected chi connectivity index (χ2v) is 19.5. The maximum absolute atomic E-state index is 14.9. The van der Waals surface area contributed by atoms with Crippen LogP contribution >= 0.6 is 11.6 Å². The summed E-state index contributed by atoms with van der Waals surface area (Å²) in [7, 11) is -3.05. The van der Waals surface area contributed by atoms with Gasteiger partial charge in [-0.3, -0.25) is 14.4 Å². The molecule has 3 aliphatic rings. The summed E-state index contributed by atoms with van der Waals surface area (Å²) < 4.78 is 8.28. The van der Waals surface area contributed by atoms with Crippen LogP contribution in [0.2, 0.25) is 23.7 Å². The molecular weight excluding hydrogens is 708 g/mol. The number of nitrogens with zero attached hydrogens (tertiary/aromatic N) is 4. The van der Waals surface area contributed by atoms with E-state index in [4.69, 9.17) is 16.3 Å². The van der Waals surface area contributed by atoms with Crippen LogP contribution in [0.15, 0.2) is 102 Å². The first-order valence-corrected chi connectivity index (χ1v) is 21.4. The van der Waals surface area contributed by atoms with Gasteiger partial charge in [-0.15, -0.1) is 0 Å². The number of hydrogen-bond donors (Lipinski definition) is 2. The van der Waals surface area contributed by atoms with Gasteiger partial charge in [0.25, 0.3) is 11.5 Å². The minimum Gasteiger partial charge on any atom is -0.432 e. The smallest absolute Gasteiger partial charge is 0.279 e. The van der Waals surface area contributed by atoms with Gasteiger partial charge in [0.1, 0.15) is 0 Å². The van der Waals surface area contributed by atoms with Crippen molar-refractivity contribution in [3.63, 3.8) is 0 Å². The standard InChI is InChI=1S/C41H41ClN4O6Si/c1-25-38(53(2,3)51)36(20-37(48)44-23-29-10-5-4-8-27(29)18-32(44)24-47)52-41(25)34-19-30(42)14-17-35(34)45(40(41)50)22-26-12-15-31(16-13-26)46-39(49)33-11-7-6-9-28(33)21-43-46/h4-17,19,21,25,32,36,38,47,51H,18,20,22-24H2,1-3H3/t25-,32+,36+,38-,41+/m1/s1. The Morgan fingerprint density at radius 2 is 1.72 bits per heavy atom. The molecule has 10 nitrogen and oxygen atoms in total. The number of aliphatic hydroxyl groups is 1. The van der Waals surface area contributed by atoms with E-state index in [2.05, 4.69) is 5.10 Å². The molecule has 0 bridgehead atoms. The third-order valence-electron chi connectivity index (χ3n) is 11.4. The molecule has 2 amide bonds. The van der Waals surface area contributed by atoms with Crippen LogP contribution < -0.4 is 10.5 Å². The number of carbonyl (C=O) groups excluding carboxylic acids is 2. The summed E-state index contributed by atoms with van der Waals surface area (Å²) in [6.07, 6.45) is 1.42. The topological polar surface area (TPSA) is 125 Å². The molecule has 4 heterocycles. The first kappa shape index (κ1) is 35.4. The molecule has 2 N–H and O–H groups in total. The van der Waals surface area contributed by atoms with E-state index in [1.807, 2.05) is 92.8 Å². The van der Waals surface area contributed by atoms with Crippen molar-refractivity contribution in [2.75, 3.05) is 11.5 Å². The van der Waals surface area contributed by atoms with Gasteiger partial charge in [0.2, 0.25) is 5.91 Å². The lowest BCUT2D eigenvalue weighted by Gasteiger charge is -2.37. The second-order valence-electron chi connectivity index (χ2n) is 15.1. The van der Waals surface area contributed by atoms with Crippen LogP contribution in [0.1, 0.15) is 35.6 Å². The summed E-state index contributed by atoms with van der Waals surface area (Å²) in [5, 5.41) is 16.4. The average Bonchev–Trinajstić information content (AvgIpc) is 3.57. The van der Waals surface area contributed by atoms with Crippen LogP contribution in [0, 0.1) is 5.92 Å². The molecule has 1 fully saturated rings. The molecule has 3 aliphatic heterocycles. The van der Waals surface area contributed by atoms with E-state index in [9.17, 15) is 24.3 Å². The Labute approximate surface area is 313 Å². The normalized spacial score (nSPS) is 23.8. The quantitative estimate of drug-likeness (QED) is 0.204. The Morgan fingerprint density at radius 3 is 2.45 bits per heavy atom. The van der Waals surface area contributed by atoms with Gasteiger partial charge in [-0.2, -0.15) is 9.78 Å². The molecule has 272 valence electrons. The van der Waals surface area contributed by atoms with Crippen molar-refractivity contribution in [2.24, 2.45) is 5.92 Å². The third kappa shape index (κ3) is 5.91. The highest BCUT2D eigenvalue weighted by atomic mass is 35.5. The highest BCUT2D eigenvalue weighted by molar-refractivity contribution is 6.71. The summed E-state index contributed by atoms with van der Waals surface area (Å²) >= 11 is 6.59. The molecule has 0 radical (unpaired) electrons. The molecule has 53 heavy (non-hydrogen) atoms. The molecule has 0 aliphatic carbocycles. The number of ether oxygens (including phenoxy) is 1. The van der Waals surface area contributed by atoms with E-state index in [-0.39, 0.29) is 43.0 Å². The summed E-state index contributed by atoms with van der Waals surface area (Å²) in [4.78, 5) is 57.4. The van der Waals surface area contributed by atoms with Crippen molar-refractivity contribution in [1.82, 2.24) is 14.7 Å². The third-order valence-corrected chi connectivity index (χ3v) is 14.2. The van der Waals surface area contributed by atoms with E-state index in [0.717, 1.165) is 22.1 Å². The zero-order chi connectivity index (χ0) is 37.2. The molecule has 1 aromatic heterocycles. The Bertz CT molecular complexity index is 2310. The zero-order valence-electron chi connectivity index (χ0n) is 29.8. The number of anilines is 1. The lowest BCUT2D eigenvalue weighted by atomic mass is 9.82. The van der Waals surface area contributed by atoms with Gasteiger partial charge in [0.15, 0.2) is 13.9 Å². The molecule has 0 unspecified atom stereocenters. The predicted octanol–water partition coefficient (Wildman–Crippen LogP) is 5.72. The zero-order valence-corrected chi connectivity index (χ0v) is 31.5. The van der Waals surface area contributed by atoms with Crippen molar-refractivity contribution in [1.29, 1.82) is 0 Å². The van der Waals surface area contributed by atoms with Gasteiger partial charge in [-0.1, -0.05) is 73.1 Å². The lowest BCUT2D eigenvalue weighted by molar-refractivity contribution is -0.151. The molecular formula is C41H41ClN4O6Si. The molecule has 5 aromatic rings. The molecule has 5 atom stereocenters. The molecule has 4 aromatic carbocycles. The van der Waals surface area contributed by atoms with Crippen LogP contribution in [0.4, 0.5) is 5.69 Å². The number of rotatable bonds is 7. The van der Waals surface area contributed by atoms with Crippen molar-refractivity contribution < 1.29 is 24.2 Å². The molecule has 1 saturated heterocycles. The lowest BCUT2D eigenvalue weighted by Crippen LogP contribution is -2.48. The number of benzene rings is 4. The first-order chi connectivity index (χ1) is 25.4. The van der Waals surface area contributed by atoms with Crippen LogP contribution in [0.5, 0.6) is 0 Å². The fourth-order valence-corrected chi connectivity index (χ4v) is 11.7. The molecule has 12 heteroatoms. The minimum atomic E-state index is -3.05. The van der Waals surface area contributed by atoms with E-state index in [1.54, 1.807) is 34.2 Å². The first-order valence-electron chi connectivity index (χ1n) is 18.0. The number of fused-ring (bicyclic) bond motifs is 4. The Balaban J connectivity index is 1.10. The van der Waals surface area contributed by atoms with Gasteiger partial charge >= 0.3 is 0 Å². The summed E-state index contributed by atoms with van der Waals surface area (Å²) in [6, 6.07) is 27.5. The number of amides is 2.